The summed E-state index contributed by atoms with van der Waals surface area (Å²) in [6.07, 6.45) is 0.883. The van der Waals surface area contributed by atoms with Crippen LogP contribution in [-0.4, -0.2) is 68.6 Å². The number of carbonyl (C=O) groups is 2. The summed E-state index contributed by atoms with van der Waals surface area (Å²) in [5.41, 5.74) is 0. The van der Waals surface area contributed by atoms with Gasteiger partial charge in [0, 0.05) is 33.2 Å². The first kappa shape index (κ1) is 15.7. The Morgan fingerprint density at radius 1 is 1.37 bits per heavy atom. The Morgan fingerprint density at radius 3 is 2.84 bits per heavy atom. The summed E-state index contributed by atoms with van der Waals surface area (Å²) < 4.78 is 10.1. The Balaban J connectivity index is 2.09. The van der Waals surface area contributed by atoms with Crippen LogP contribution in [0.1, 0.15) is 12.8 Å². The van der Waals surface area contributed by atoms with Crippen molar-refractivity contribution in [2.24, 2.45) is 5.92 Å². The van der Waals surface area contributed by atoms with Crippen molar-refractivity contribution in [3.05, 3.63) is 0 Å². The van der Waals surface area contributed by atoms with Crippen molar-refractivity contribution < 1.29 is 24.2 Å². The second kappa shape index (κ2) is 8.71. The SMILES string of the molecule is COCCOCCNC(=O)N1CCC(CC(=O)O)C1. The highest BCUT2D eigenvalue weighted by Crippen LogP contribution is 2.19. The molecule has 0 aromatic carbocycles. The van der Waals surface area contributed by atoms with Crippen LogP contribution < -0.4 is 5.32 Å². The van der Waals surface area contributed by atoms with Crippen LogP contribution in [0.5, 0.6) is 0 Å². The summed E-state index contributed by atoms with van der Waals surface area (Å²) in [6.45, 7) is 3.08. The Morgan fingerprint density at radius 2 is 2.16 bits per heavy atom. The Bertz CT molecular complexity index is 298. The van der Waals surface area contributed by atoms with Gasteiger partial charge >= 0.3 is 12.0 Å². The van der Waals surface area contributed by atoms with Crippen molar-refractivity contribution in [1.82, 2.24) is 10.2 Å². The molecule has 1 saturated heterocycles. The van der Waals surface area contributed by atoms with E-state index in [1.54, 1.807) is 12.0 Å². The molecule has 2 amide bonds. The third kappa shape index (κ3) is 6.40. The third-order valence-electron chi connectivity index (χ3n) is 2.99. The number of likely N-dealkylation sites (tertiary alicyclic amines) is 1. The topological polar surface area (TPSA) is 88.1 Å². The van der Waals surface area contributed by atoms with Crippen molar-refractivity contribution in [1.29, 1.82) is 0 Å². The van der Waals surface area contributed by atoms with Crippen molar-refractivity contribution >= 4 is 12.0 Å². The minimum Gasteiger partial charge on any atom is -0.481 e. The molecule has 1 aliphatic heterocycles. The number of nitrogens with zero attached hydrogens (tertiary/aromatic N) is 1. The first-order valence-corrected chi connectivity index (χ1v) is 6.44. The lowest BCUT2D eigenvalue weighted by atomic mass is 10.1. The number of carboxylic acid groups (broad SMARTS) is 1. The predicted molar refractivity (Wildman–Crippen MR) is 68.0 cm³/mol. The minimum absolute atomic E-state index is 0.0706. The fraction of sp³-hybridized carbons (Fsp3) is 0.833. The maximum atomic E-state index is 11.8. The number of nitrogens with one attached hydrogen (secondary N) is 1. The first-order valence-electron chi connectivity index (χ1n) is 6.44. The van der Waals surface area contributed by atoms with Crippen LogP contribution in [0.3, 0.4) is 0 Å². The van der Waals surface area contributed by atoms with E-state index >= 15 is 0 Å². The third-order valence-corrected chi connectivity index (χ3v) is 2.99. The van der Waals surface area contributed by atoms with Crippen molar-refractivity contribution in [2.45, 2.75) is 12.8 Å². The molecule has 0 aromatic rings. The van der Waals surface area contributed by atoms with Crippen LogP contribution in [0.15, 0.2) is 0 Å². The molecule has 0 radical (unpaired) electrons. The molecule has 19 heavy (non-hydrogen) atoms. The van der Waals surface area contributed by atoms with E-state index in [0.717, 1.165) is 6.42 Å². The number of urea groups is 1. The fourth-order valence-electron chi connectivity index (χ4n) is 2.02. The average molecular weight is 274 g/mol. The van der Waals surface area contributed by atoms with Gasteiger partial charge in [-0.15, -0.1) is 0 Å². The molecule has 0 aliphatic carbocycles. The number of carboxylic acids is 1. The Hall–Kier alpha value is -1.34. The van der Waals surface area contributed by atoms with E-state index in [9.17, 15) is 9.59 Å². The van der Waals surface area contributed by atoms with Crippen LogP contribution in [0, 0.1) is 5.92 Å². The van der Waals surface area contributed by atoms with Crippen molar-refractivity contribution in [3.8, 4) is 0 Å². The van der Waals surface area contributed by atoms with E-state index in [4.69, 9.17) is 14.6 Å². The molecular weight excluding hydrogens is 252 g/mol. The number of rotatable bonds is 8. The zero-order valence-corrected chi connectivity index (χ0v) is 11.3. The second-order valence-electron chi connectivity index (χ2n) is 4.54. The van der Waals surface area contributed by atoms with Gasteiger partial charge in [-0.2, -0.15) is 0 Å². The molecule has 1 rings (SSSR count). The van der Waals surface area contributed by atoms with Crippen LogP contribution in [-0.2, 0) is 14.3 Å². The summed E-state index contributed by atoms with van der Waals surface area (Å²) in [5, 5.41) is 11.4. The van der Waals surface area contributed by atoms with E-state index in [0.29, 0.717) is 39.5 Å². The van der Waals surface area contributed by atoms with E-state index in [2.05, 4.69) is 5.32 Å². The number of amides is 2. The second-order valence-corrected chi connectivity index (χ2v) is 4.54. The summed E-state index contributed by atoms with van der Waals surface area (Å²) in [6, 6.07) is -0.150. The molecule has 7 heteroatoms. The van der Waals surface area contributed by atoms with Gasteiger partial charge in [-0.3, -0.25) is 4.79 Å². The molecule has 0 saturated carbocycles. The summed E-state index contributed by atoms with van der Waals surface area (Å²) in [5.74, 6) is -0.736. The number of methoxy groups -OCH3 is 1. The molecule has 1 fully saturated rings. The Labute approximate surface area is 112 Å². The van der Waals surface area contributed by atoms with E-state index in [-0.39, 0.29) is 18.4 Å². The molecule has 2 N–H and O–H groups in total. The van der Waals surface area contributed by atoms with Gasteiger partial charge in [0.1, 0.15) is 0 Å². The van der Waals surface area contributed by atoms with Crippen LogP contribution >= 0.6 is 0 Å². The smallest absolute Gasteiger partial charge is 0.317 e. The molecule has 0 spiro atoms. The van der Waals surface area contributed by atoms with Gasteiger partial charge in [-0.1, -0.05) is 0 Å². The quantitative estimate of drug-likeness (QED) is 0.615. The Kier molecular flexibility index (Phi) is 7.20. The van der Waals surface area contributed by atoms with Crippen LogP contribution in [0.4, 0.5) is 4.79 Å². The molecule has 110 valence electrons. The molecule has 7 nitrogen and oxygen atoms in total. The summed E-state index contributed by atoms with van der Waals surface area (Å²) in [7, 11) is 1.60. The number of aliphatic carboxylic acids is 1. The van der Waals surface area contributed by atoms with Gasteiger partial charge in [-0.05, 0) is 12.3 Å². The highest BCUT2D eigenvalue weighted by atomic mass is 16.5. The van der Waals surface area contributed by atoms with E-state index in [1.165, 1.54) is 0 Å². The van der Waals surface area contributed by atoms with Crippen LogP contribution in [0.2, 0.25) is 0 Å². The highest BCUT2D eigenvalue weighted by molar-refractivity contribution is 5.74. The van der Waals surface area contributed by atoms with Crippen LogP contribution in [0.25, 0.3) is 0 Å². The molecule has 1 aliphatic rings. The standard InChI is InChI=1S/C12H22N2O5/c1-18-6-7-19-5-3-13-12(17)14-4-2-10(9-14)8-11(15)16/h10H,2-9H2,1H3,(H,13,17)(H,15,16). The largest absolute Gasteiger partial charge is 0.481 e. The van der Waals surface area contributed by atoms with Gasteiger partial charge in [0.2, 0.25) is 0 Å². The van der Waals surface area contributed by atoms with E-state index in [1.807, 2.05) is 0 Å². The maximum Gasteiger partial charge on any atom is 0.317 e. The predicted octanol–water partition coefficient (Wildman–Crippen LogP) is 0.156. The summed E-state index contributed by atoms with van der Waals surface area (Å²) in [4.78, 5) is 24.0. The molecule has 1 atom stereocenters. The number of hydrogen-bond donors (Lipinski definition) is 2. The average Bonchev–Trinajstić information content (AvgIpc) is 2.81. The lowest BCUT2D eigenvalue weighted by Gasteiger charge is -2.17. The molecule has 0 bridgehead atoms. The first-order chi connectivity index (χ1) is 9.13. The fourth-order valence-corrected chi connectivity index (χ4v) is 2.02. The number of ether oxygens (including phenoxy) is 2. The van der Waals surface area contributed by atoms with Crippen molar-refractivity contribution in [3.63, 3.8) is 0 Å². The highest BCUT2D eigenvalue weighted by Gasteiger charge is 2.27. The monoisotopic (exact) mass is 274 g/mol. The zero-order chi connectivity index (χ0) is 14.1. The maximum absolute atomic E-state index is 11.8. The lowest BCUT2D eigenvalue weighted by Crippen LogP contribution is -2.40. The molecular formula is C12H22N2O5. The van der Waals surface area contributed by atoms with Gasteiger partial charge in [0.25, 0.3) is 0 Å². The minimum atomic E-state index is -0.807. The van der Waals surface area contributed by atoms with Gasteiger partial charge in [0.05, 0.1) is 19.8 Å². The normalized spacial score (nSPS) is 18.6. The molecule has 0 aromatic heterocycles. The van der Waals surface area contributed by atoms with Gasteiger partial charge < -0.3 is 24.8 Å². The number of carbonyl (C=O) groups excluding carboxylic acids is 1. The molecule has 1 unspecified atom stereocenters. The lowest BCUT2D eigenvalue weighted by molar-refractivity contribution is -0.138. The number of hydrogen-bond acceptors (Lipinski definition) is 4. The zero-order valence-electron chi connectivity index (χ0n) is 11.3. The van der Waals surface area contributed by atoms with E-state index < -0.39 is 5.97 Å². The van der Waals surface area contributed by atoms with Gasteiger partial charge in [0.15, 0.2) is 0 Å². The summed E-state index contributed by atoms with van der Waals surface area (Å²) >= 11 is 0. The van der Waals surface area contributed by atoms with Gasteiger partial charge in [-0.25, -0.2) is 4.79 Å². The van der Waals surface area contributed by atoms with Crippen molar-refractivity contribution in [2.75, 3.05) is 46.6 Å². The molecule has 1 heterocycles.